The van der Waals surface area contributed by atoms with E-state index in [1.807, 2.05) is 12.1 Å². The first kappa shape index (κ1) is 17.7. The van der Waals surface area contributed by atoms with Gasteiger partial charge in [-0.05, 0) is 24.1 Å². The molecule has 2 rings (SSSR count). The van der Waals surface area contributed by atoms with Gasteiger partial charge in [-0.1, -0.05) is 42.5 Å². The van der Waals surface area contributed by atoms with E-state index in [2.05, 4.69) is 4.72 Å². The van der Waals surface area contributed by atoms with Gasteiger partial charge >= 0.3 is 5.97 Å². The van der Waals surface area contributed by atoms with Crippen LogP contribution in [-0.4, -0.2) is 27.5 Å². The van der Waals surface area contributed by atoms with Crippen molar-refractivity contribution < 1.29 is 17.9 Å². The molecule has 0 amide bonds. The highest BCUT2D eigenvalue weighted by atomic mass is 32.2. The third-order valence-corrected chi connectivity index (χ3v) is 4.89. The molecule has 0 spiro atoms. The maximum atomic E-state index is 12.6. The summed E-state index contributed by atoms with van der Waals surface area (Å²) in [5.74, 6) is -0.697. The molecule has 6 nitrogen and oxygen atoms in total. The fraction of sp³-hybridized carbons (Fsp3) is 0.176. The number of nitrogens with zero attached hydrogens (tertiary/aromatic N) is 1. The zero-order valence-corrected chi connectivity index (χ0v) is 13.8. The van der Waals surface area contributed by atoms with Crippen molar-refractivity contribution in [2.75, 3.05) is 7.11 Å². The Morgan fingerprint density at radius 3 is 2.42 bits per heavy atom. The Morgan fingerprint density at radius 1 is 1.17 bits per heavy atom. The minimum atomic E-state index is -4.05. The Bertz CT molecular complexity index is 858. The maximum absolute atomic E-state index is 12.6. The van der Waals surface area contributed by atoms with Crippen molar-refractivity contribution in [1.82, 2.24) is 4.72 Å². The van der Waals surface area contributed by atoms with E-state index >= 15 is 0 Å². The lowest BCUT2D eigenvalue weighted by molar-refractivity contribution is -0.142. The number of carbonyl (C=O) groups is 1. The summed E-state index contributed by atoms with van der Waals surface area (Å²) < 4.78 is 32.1. The van der Waals surface area contributed by atoms with Crippen LogP contribution < -0.4 is 4.72 Å². The molecule has 1 N–H and O–H groups in total. The van der Waals surface area contributed by atoms with Crippen molar-refractivity contribution in [3.05, 3.63) is 65.7 Å². The number of nitriles is 1. The molecule has 0 saturated heterocycles. The summed E-state index contributed by atoms with van der Waals surface area (Å²) in [5.41, 5.74) is 0.789. The van der Waals surface area contributed by atoms with Crippen LogP contribution in [0.25, 0.3) is 0 Å². The summed E-state index contributed by atoms with van der Waals surface area (Å²) >= 11 is 0. The van der Waals surface area contributed by atoms with Gasteiger partial charge in [-0.15, -0.1) is 0 Å². The van der Waals surface area contributed by atoms with E-state index in [4.69, 9.17) is 10.00 Å². The van der Waals surface area contributed by atoms with Crippen molar-refractivity contribution in [3.8, 4) is 6.07 Å². The number of hydrogen-bond acceptors (Lipinski definition) is 5. The molecule has 124 valence electrons. The molecule has 24 heavy (non-hydrogen) atoms. The minimum Gasteiger partial charge on any atom is -0.468 e. The number of methoxy groups -OCH3 is 1. The van der Waals surface area contributed by atoms with Crippen LogP contribution in [0.3, 0.4) is 0 Å². The molecule has 0 aromatic heterocycles. The Balaban J connectivity index is 2.32. The monoisotopic (exact) mass is 344 g/mol. The van der Waals surface area contributed by atoms with Gasteiger partial charge in [0.2, 0.25) is 10.0 Å². The molecule has 0 radical (unpaired) electrons. The lowest BCUT2D eigenvalue weighted by Crippen LogP contribution is -2.43. The Labute approximate surface area is 140 Å². The van der Waals surface area contributed by atoms with Crippen LogP contribution in [-0.2, 0) is 26.0 Å². The molecule has 1 unspecified atom stereocenters. The topological polar surface area (TPSA) is 96.3 Å². The van der Waals surface area contributed by atoms with Crippen LogP contribution in [0.1, 0.15) is 11.1 Å². The highest BCUT2D eigenvalue weighted by Gasteiger charge is 2.28. The number of nitrogens with one attached hydrogen (secondary N) is 1. The van der Waals surface area contributed by atoms with Crippen LogP contribution in [0.15, 0.2) is 59.5 Å². The smallest absolute Gasteiger partial charge is 0.324 e. The molecule has 0 aliphatic heterocycles. The summed E-state index contributed by atoms with van der Waals surface area (Å²) in [5, 5.41) is 9.07. The molecule has 0 bridgehead atoms. The second-order valence-electron chi connectivity index (χ2n) is 4.99. The molecule has 0 heterocycles. The van der Waals surface area contributed by atoms with E-state index < -0.39 is 22.0 Å². The number of esters is 1. The molecule has 0 aliphatic carbocycles. The molecule has 0 aliphatic rings. The molecule has 1 atom stereocenters. The third-order valence-electron chi connectivity index (χ3n) is 3.36. The number of sulfonamides is 1. The minimum absolute atomic E-state index is 0.00771. The Morgan fingerprint density at radius 2 is 1.79 bits per heavy atom. The zero-order chi connectivity index (χ0) is 17.6. The largest absolute Gasteiger partial charge is 0.468 e. The van der Waals surface area contributed by atoms with Gasteiger partial charge in [-0.25, -0.2) is 8.42 Å². The SMILES string of the molecule is COC(=O)C(Cc1ccccc1)NS(=O)(=O)c1ccccc1C#N. The summed E-state index contributed by atoms with van der Waals surface area (Å²) in [4.78, 5) is 11.8. The van der Waals surface area contributed by atoms with Gasteiger partial charge in [0.15, 0.2) is 0 Å². The average molecular weight is 344 g/mol. The van der Waals surface area contributed by atoms with Crippen molar-refractivity contribution in [2.45, 2.75) is 17.4 Å². The Kier molecular flexibility index (Phi) is 5.68. The van der Waals surface area contributed by atoms with Gasteiger partial charge in [0.25, 0.3) is 0 Å². The fourth-order valence-corrected chi connectivity index (χ4v) is 3.55. The third kappa shape index (κ3) is 4.19. The highest BCUT2D eigenvalue weighted by Crippen LogP contribution is 2.16. The first-order chi connectivity index (χ1) is 11.5. The van der Waals surface area contributed by atoms with E-state index in [0.29, 0.717) is 0 Å². The van der Waals surface area contributed by atoms with Gasteiger partial charge in [0.1, 0.15) is 12.1 Å². The second-order valence-corrected chi connectivity index (χ2v) is 6.68. The van der Waals surface area contributed by atoms with E-state index in [0.717, 1.165) is 5.56 Å². The lowest BCUT2D eigenvalue weighted by atomic mass is 10.1. The number of ether oxygens (including phenoxy) is 1. The fourth-order valence-electron chi connectivity index (χ4n) is 2.21. The number of rotatable bonds is 6. The van der Waals surface area contributed by atoms with Crippen molar-refractivity contribution >= 4 is 16.0 Å². The number of benzene rings is 2. The van der Waals surface area contributed by atoms with Crippen LogP contribution in [0.5, 0.6) is 0 Å². The number of hydrogen-bond donors (Lipinski definition) is 1. The van der Waals surface area contributed by atoms with Crippen LogP contribution in [0.4, 0.5) is 0 Å². The van der Waals surface area contributed by atoms with Gasteiger partial charge in [0, 0.05) is 0 Å². The first-order valence-electron chi connectivity index (χ1n) is 7.11. The van der Waals surface area contributed by atoms with E-state index in [1.165, 1.54) is 25.3 Å². The van der Waals surface area contributed by atoms with Gasteiger partial charge in [-0.2, -0.15) is 9.98 Å². The average Bonchev–Trinajstić information content (AvgIpc) is 2.61. The van der Waals surface area contributed by atoms with Gasteiger partial charge in [0.05, 0.1) is 17.6 Å². The van der Waals surface area contributed by atoms with Crippen LogP contribution in [0.2, 0.25) is 0 Å². The van der Waals surface area contributed by atoms with Crippen molar-refractivity contribution in [2.24, 2.45) is 0 Å². The molecule has 7 heteroatoms. The normalized spacial score (nSPS) is 12.2. The predicted molar refractivity (Wildman–Crippen MR) is 87.4 cm³/mol. The van der Waals surface area contributed by atoms with Crippen LogP contribution in [0, 0.1) is 11.3 Å². The highest BCUT2D eigenvalue weighted by molar-refractivity contribution is 7.89. The Hall–Kier alpha value is -2.69. The quantitative estimate of drug-likeness (QED) is 0.803. The maximum Gasteiger partial charge on any atom is 0.324 e. The zero-order valence-electron chi connectivity index (χ0n) is 13.0. The standard InChI is InChI=1S/C17H16N2O4S/c1-23-17(20)15(11-13-7-3-2-4-8-13)19-24(21,22)16-10-6-5-9-14(16)12-18/h2-10,15,19H,11H2,1H3. The van der Waals surface area contributed by atoms with E-state index in [1.54, 1.807) is 30.3 Å². The molecular weight excluding hydrogens is 328 g/mol. The van der Waals surface area contributed by atoms with Crippen molar-refractivity contribution in [1.29, 1.82) is 5.26 Å². The lowest BCUT2D eigenvalue weighted by Gasteiger charge is -2.17. The molecular formula is C17H16N2O4S. The summed E-state index contributed by atoms with van der Waals surface area (Å²) in [6, 6.07) is 15.5. The van der Waals surface area contributed by atoms with E-state index in [9.17, 15) is 13.2 Å². The molecule has 2 aromatic rings. The van der Waals surface area contributed by atoms with E-state index in [-0.39, 0.29) is 16.9 Å². The van der Waals surface area contributed by atoms with Crippen molar-refractivity contribution in [3.63, 3.8) is 0 Å². The summed E-state index contributed by atoms with van der Waals surface area (Å²) in [6.45, 7) is 0. The predicted octanol–water partition coefficient (Wildman–Crippen LogP) is 1.62. The first-order valence-corrected chi connectivity index (χ1v) is 8.59. The summed E-state index contributed by atoms with van der Waals surface area (Å²) in [7, 11) is -2.86. The van der Waals surface area contributed by atoms with Crippen LogP contribution >= 0.6 is 0 Å². The van der Waals surface area contributed by atoms with Gasteiger partial charge in [-0.3, -0.25) is 4.79 Å². The molecule has 2 aromatic carbocycles. The number of carbonyl (C=O) groups excluding carboxylic acids is 1. The summed E-state index contributed by atoms with van der Waals surface area (Å²) in [6.07, 6.45) is 0.140. The molecule has 0 saturated carbocycles. The van der Waals surface area contributed by atoms with Gasteiger partial charge < -0.3 is 4.74 Å². The molecule has 0 fully saturated rings. The second kappa shape index (κ2) is 7.73.